The van der Waals surface area contributed by atoms with Crippen LogP contribution in [0.15, 0.2) is 0 Å². The van der Waals surface area contributed by atoms with Gasteiger partial charge in [-0.25, -0.2) is 0 Å². The fourth-order valence-electron chi connectivity index (χ4n) is 0. The Kier molecular flexibility index (Phi) is 71.6. The molecular weight excluding hydrogens is 416 g/mol. The smallest absolute Gasteiger partial charge is 0.870 e. The molecule has 16 heavy (non-hydrogen) atoms. The van der Waals surface area contributed by atoms with Gasteiger partial charge in [0.2, 0.25) is 0 Å². The Balaban J connectivity index is -0.00000000970. The Morgan fingerprint density at radius 2 is 0.562 bits per heavy atom. The van der Waals surface area contributed by atoms with E-state index in [2.05, 4.69) is 0 Å². The molecule has 0 aliphatic heterocycles. The molecule has 0 aromatic heterocycles. The number of rotatable bonds is 0. The van der Waals surface area contributed by atoms with E-state index in [0.29, 0.717) is 0 Å². The molecule has 11 nitrogen and oxygen atoms in total. The van der Waals surface area contributed by atoms with Crippen molar-refractivity contribution in [2.45, 2.75) is 0 Å². The Morgan fingerprint density at radius 1 is 0.562 bits per heavy atom. The SMILES string of the molecule is O.O=S(=O)([O-])[O-].O=S(=O)([O-])[O-].[Ni+2].[Ni+2].[Ni+2].[OH-].[OH-]. The first-order chi connectivity index (χ1) is 4.00. The third-order valence-corrected chi connectivity index (χ3v) is 0. The fourth-order valence-corrected chi connectivity index (χ4v) is 0. The molecule has 0 aromatic carbocycles. The molecule has 0 fully saturated rings. The first kappa shape index (κ1) is 53.5. The quantitative estimate of drug-likeness (QED) is 0.209. The first-order valence-corrected chi connectivity index (χ1v) is 4.00. The van der Waals surface area contributed by atoms with Crippen molar-refractivity contribution in [1.82, 2.24) is 0 Å². The largest absolute Gasteiger partial charge is 2.00 e. The second-order valence-corrected chi connectivity index (χ2v) is 2.45. The van der Waals surface area contributed by atoms with Crippen molar-refractivity contribution in [2.24, 2.45) is 0 Å². The van der Waals surface area contributed by atoms with Crippen molar-refractivity contribution >= 4 is 20.8 Å². The van der Waals surface area contributed by atoms with Crippen molar-refractivity contribution in [3.63, 3.8) is 0 Å². The second-order valence-electron chi connectivity index (χ2n) is 0.816. The molecule has 0 aliphatic carbocycles. The Labute approximate surface area is 121 Å². The van der Waals surface area contributed by atoms with E-state index in [9.17, 15) is 0 Å². The van der Waals surface area contributed by atoms with Crippen molar-refractivity contribution in [2.75, 3.05) is 0 Å². The molecule has 0 heterocycles. The summed E-state index contributed by atoms with van der Waals surface area (Å²) in [5.41, 5.74) is 0. The molecule has 0 atom stereocenters. The molecule has 0 amide bonds. The topological polar surface area (TPSA) is 252 Å². The third kappa shape index (κ3) is 2480. The minimum absolute atomic E-state index is 0. The van der Waals surface area contributed by atoms with Gasteiger partial charge in [0.05, 0.1) is 0 Å². The van der Waals surface area contributed by atoms with E-state index in [1.807, 2.05) is 0 Å². The molecule has 16 heteroatoms. The van der Waals surface area contributed by atoms with Gasteiger partial charge in [-0.1, -0.05) is 0 Å². The van der Waals surface area contributed by atoms with E-state index in [-0.39, 0.29) is 65.9 Å². The van der Waals surface area contributed by atoms with Gasteiger partial charge in [0.15, 0.2) is 0 Å². The van der Waals surface area contributed by atoms with Gasteiger partial charge in [0.1, 0.15) is 0 Å². The summed E-state index contributed by atoms with van der Waals surface area (Å²) in [6.07, 6.45) is 0. The molecule has 0 rings (SSSR count). The maximum Gasteiger partial charge on any atom is 2.00 e. The summed E-state index contributed by atoms with van der Waals surface area (Å²) in [5, 5.41) is 0. The van der Waals surface area contributed by atoms with Gasteiger partial charge < -0.3 is 34.6 Å². The van der Waals surface area contributed by atoms with Crippen molar-refractivity contribution in [3.05, 3.63) is 0 Å². The van der Waals surface area contributed by atoms with Crippen LogP contribution >= 0.6 is 0 Å². The van der Waals surface area contributed by atoms with Crippen LogP contribution in [0.3, 0.4) is 0 Å². The monoisotopic (exact) mass is 418 g/mol. The average molecular weight is 420 g/mol. The Morgan fingerprint density at radius 3 is 0.562 bits per heavy atom. The average Bonchev–Trinajstić information content (AvgIpc) is 1.12. The zero-order chi connectivity index (χ0) is 9.00. The Hall–Kier alpha value is 1.10. The fraction of sp³-hybridized carbons (Fsp3) is 0. The van der Waals surface area contributed by atoms with Crippen molar-refractivity contribution < 1.29 is 101 Å². The van der Waals surface area contributed by atoms with Crippen LogP contribution in [-0.2, 0) is 70.3 Å². The van der Waals surface area contributed by atoms with Crippen LogP contribution < -0.4 is 0 Å². The number of hydrogen-bond donors (Lipinski definition) is 0. The number of hydrogen-bond acceptors (Lipinski definition) is 10. The van der Waals surface area contributed by atoms with Gasteiger partial charge in [-0.05, 0) is 0 Å². The van der Waals surface area contributed by atoms with E-state index in [4.69, 9.17) is 35.0 Å². The summed E-state index contributed by atoms with van der Waals surface area (Å²) in [7, 11) is -10.3. The van der Waals surface area contributed by atoms with Crippen LogP contribution in [0.5, 0.6) is 0 Å². The van der Waals surface area contributed by atoms with Crippen LogP contribution in [0.25, 0.3) is 0 Å². The van der Waals surface area contributed by atoms with Gasteiger partial charge in [-0.2, -0.15) is 0 Å². The minimum Gasteiger partial charge on any atom is -0.870 e. The van der Waals surface area contributed by atoms with Gasteiger partial charge in [-0.15, -0.1) is 0 Å². The summed E-state index contributed by atoms with van der Waals surface area (Å²) >= 11 is 0. The molecule has 0 unspecified atom stereocenters. The predicted molar refractivity (Wildman–Crippen MR) is 28.4 cm³/mol. The summed E-state index contributed by atoms with van der Waals surface area (Å²) < 4.78 is 68.2. The van der Waals surface area contributed by atoms with Crippen LogP contribution in [0.4, 0.5) is 0 Å². The van der Waals surface area contributed by atoms with Gasteiger partial charge in [0.25, 0.3) is 0 Å². The van der Waals surface area contributed by atoms with Crippen LogP contribution in [0, 0.1) is 0 Å². The normalized spacial score (nSPS) is 7.25. The van der Waals surface area contributed by atoms with Crippen molar-refractivity contribution in [3.8, 4) is 0 Å². The van der Waals surface area contributed by atoms with Gasteiger partial charge >= 0.3 is 49.5 Å². The summed E-state index contributed by atoms with van der Waals surface area (Å²) in [6, 6.07) is 0. The van der Waals surface area contributed by atoms with Crippen LogP contribution in [0.1, 0.15) is 0 Å². The summed E-state index contributed by atoms with van der Waals surface area (Å²) in [6.45, 7) is 0. The molecular formula is H4Ni3O11S2. The summed E-state index contributed by atoms with van der Waals surface area (Å²) in [4.78, 5) is 0. The Bertz CT molecular complexity index is 216. The maximum absolute atomic E-state index is 8.52. The standard InChI is InChI=1S/3Ni.2H2O4S.3H2O/c;;;2*1-5(2,3)4;;;/h;;;2*(H2,1,2,3,4);3*1H2/q3*+2;;;;;/p-6. The molecule has 0 aromatic rings. The maximum atomic E-state index is 8.52. The molecule has 0 bridgehead atoms. The minimum atomic E-state index is -5.17. The van der Waals surface area contributed by atoms with E-state index < -0.39 is 20.8 Å². The zero-order valence-corrected chi connectivity index (χ0v) is 11.0. The van der Waals surface area contributed by atoms with Gasteiger partial charge in [0, 0.05) is 20.8 Å². The predicted octanol–water partition coefficient (Wildman–Crippen LogP) is -3.86. The molecule has 0 spiro atoms. The zero-order valence-electron chi connectivity index (χ0n) is 6.43. The summed E-state index contributed by atoms with van der Waals surface area (Å²) in [5.74, 6) is 0. The van der Waals surface area contributed by atoms with Gasteiger partial charge in [-0.3, -0.25) is 16.8 Å². The molecule has 0 radical (unpaired) electrons. The van der Waals surface area contributed by atoms with Crippen LogP contribution in [-0.4, -0.2) is 51.5 Å². The molecule has 0 saturated carbocycles. The van der Waals surface area contributed by atoms with E-state index in [0.717, 1.165) is 0 Å². The molecule has 0 saturated heterocycles. The van der Waals surface area contributed by atoms with Crippen molar-refractivity contribution in [1.29, 1.82) is 0 Å². The van der Waals surface area contributed by atoms with E-state index in [1.165, 1.54) is 0 Å². The first-order valence-electron chi connectivity index (χ1n) is 1.33. The van der Waals surface area contributed by atoms with E-state index >= 15 is 0 Å². The molecule has 112 valence electrons. The van der Waals surface area contributed by atoms with E-state index in [1.54, 1.807) is 0 Å². The molecule has 4 N–H and O–H groups in total. The second kappa shape index (κ2) is 21.4. The van der Waals surface area contributed by atoms with Crippen LogP contribution in [0.2, 0.25) is 0 Å². The molecule has 0 aliphatic rings. The third-order valence-electron chi connectivity index (χ3n) is 0.